The number of Topliss-reactive ketones (excluding diaryl/α,β-unsaturated/α-hetero) is 1. The summed E-state index contributed by atoms with van der Waals surface area (Å²) in [6.45, 7) is 8.28. The Morgan fingerprint density at radius 3 is 2.30 bits per heavy atom. The molecule has 0 saturated carbocycles. The van der Waals surface area contributed by atoms with Crippen LogP contribution in [0.2, 0.25) is 5.02 Å². The summed E-state index contributed by atoms with van der Waals surface area (Å²) in [6, 6.07) is 18.1. The highest BCUT2D eigenvalue weighted by atomic mass is 35.5. The van der Waals surface area contributed by atoms with Crippen molar-refractivity contribution in [2.75, 3.05) is 46.1 Å². The number of carbonyl (C=O) groups excluding carboxylic acids is 1. The zero-order valence-electron chi connectivity index (χ0n) is 20.0. The van der Waals surface area contributed by atoms with Crippen LogP contribution >= 0.6 is 11.6 Å². The van der Waals surface area contributed by atoms with E-state index < -0.39 is 5.41 Å². The van der Waals surface area contributed by atoms with Gasteiger partial charge in [0.2, 0.25) is 0 Å². The number of rotatable bonds is 12. The van der Waals surface area contributed by atoms with Gasteiger partial charge in [-0.15, -0.1) is 0 Å². The van der Waals surface area contributed by atoms with E-state index in [0.29, 0.717) is 24.9 Å². The zero-order chi connectivity index (χ0) is 23.7. The first-order valence-electron chi connectivity index (χ1n) is 11.9. The van der Waals surface area contributed by atoms with Gasteiger partial charge in [0.15, 0.2) is 12.5 Å². The number of nitrogens with two attached hydrogens (primary N) is 1. The smallest absolute Gasteiger partial charge is 0.183 e. The number of ketones is 1. The SMILES string of the molecule is CC(C)(CN)C(=O)COC[N+]1(CCOC(c2ccccc2)c2ccc(Cl)cc2)CCCCC1. The van der Waals surface area contributed by atoms with Crippen molar-refractivity contribution in [3.63, 3.8) is 0 Å². The van der Waals surface area contributed by atoms with Crippen LogP contribution in [0.1, 0.15) is 50.3 Å². The summed E-state index contributed by atoms with van der Waals surface area (Å²) < 4.78 is 13.3. The van der Waals surface area contributed by atoms with E-state index in [1.807, 2.05) is 56.3 Å². The Balaban J connectivity index is 1.64. The molecule has 6 heteroatoms. The maximum atomic E-state index is 12.4. The van der Waals surface area contributed by atoms with Crippen molar-refractivity contribution in [2.24, 2.45) is 11.1 Å². The Morgan fingerprint density at radius 2 is 1.67 bits per heavy atom. The van der Waals surface area contributed by atoms with Gasteiger partial charge in [-0.1, -0.05) is 67.9 Å². The lowest BCUT2D eigenvalue weighted by Crippen LogP contribution is -2.55. The number of hydrogen-bond acceptors (Lipinski definition) is 4. The lowest BCUT2D eigenvalue weighted by atomic mass is 9.89. The van der Waals surface area contributed by atoms with Crippen LogP contribution in [-0.2, 0) is 14.3 Å². The van der Waals surface area contributed by atoms with Crippen molar-refractivity contribution in [1.29, 1.82) is 0 Å². The molecule has 1 aliphatic heterocycles. The molecular weight excluding hydrogens is 436 g/mol. The van der Waals surface area contributed by atoms with Crippen molar-refractivity contribution in [2.45, 2.75) is 39.2 Å². The highest BCUT2D eigenvalue weighted by Crippen LogP contribution is 2.28. The number of halogens is 1. The maximum absolute atomic E-state index is 12.4. The summed E-state index contributed by atoms with van der Waals surface area (Å²) in [5, 5.41) is 0.716. The molecule has 1 heterocycles. The molecule has 5 nitrogen and oxygen atoms in total. The number of piperidine rings is 1. The van der Waals surface area contributed by atoms with Crippen LogP contribution in [0.5, 0.6) is 0 Å². The van der Waals surface area contributed by atoms with Crippen molar-refractivity contribution in [1.82, 2.24) is 0 Å². The van der Waals surface area contributed by atoms with E-state index in [9.17, 15) is 4.79 Å². The third-order valence-electron chi connectivity index (χ3n) is 6.75. The predicted molar refractivity (Wildman–Crippen MR) is 133 cm³/mol. The van der Waals surface area contributed by atoms with E-state index in [1.54, 1.807) is 0 Å². The molecule has 2 aromatic rings. The summed E-state index contributed by atoms with van der Waals surface area (Å²) in [5.41, 5.74) is 7.40. The average molecular weight is 474 g/mol. The molecule has 0 spiro atoms. The van der Waals surface area contributed by atoms with E-state index in [4.69, 9.17) is 26.8 Å². The number of benzene rings is 2. The largest absolute Gasteiger partial charge is 0.363 e. The Labute approximate surface area is 203 Å². The van der Waals surface area contributed by atoms with E-state index in [-0.39, 0.29) is 18.5 Å². The molecule has 1 saturated heterocycles. The molecule has 0 amide bonds. The van der Waals surface area contributed by atoms with Crippen LogP contribution in [0.4, 0.5) is 0 Å². The van der Waals surface area contributed by atoms with Gasteiger partial charge in [-0.25, -0.2) is 0 Å². The summed E-state index contributed by atoms with van der Waals surface area (Å²) in [6.07, 6.45) is 3.44. The highest BCUT2D eigenvalue weighted by Gasteiger charge is 2.32. The first kappa shape index (κ1) is 25.9. The summed E-state index contributed by atoms with van der Waals surface area (Å²) in [7, 11) is 0. The number of ether oxygens (including phenoxy) is 2. The zero-order valence-corrected chi connectivity index (χ0v) is 20.7. The van der Waals surface area contributed by atoms with E-state index >= 15 is 0 Å². The van der Waals surface area contributed by atoms with Crippen LogP contribution < -0.4 is 5.73 Å². The molecule has 180 valence electrons. The number of hydrogen-bond donors (Lipinski definition) is 1. The normalized spacial score (nSPS) is 17.0. The van der Waals surface area contributed by atoms with Gasteiger partial charge >= 0.3 is 0 Å². The number of quaternary nitrogens is 1. The predicted octanol–water partition coefficient (Wildman–Crippen LogP) is 4.97. The standard InChI is InChI=1S/C27H38ClN2O3/c1-27(2,20-29)25(31)19-32-21-30(15-7-4-8-16-30)17-18-33-26(22-9-5-3-6-10-22)23-11-13-24(28)14-12-23/h3,5-6,9-14,26H,4,7-8,15-21,29H2,1-2H3/q+1. The monoisotopic (exact) mass is 473 g/mol. The van der Waals surface area contributed by atoms with Gasteiger partial charge in [0.25, 0.3) is 0 Å². The molecule has 1 atom stereocenters. The molecule has 2 N–H and O–H groups in total. The second-order valence-corrected chi connectivity index (χ2v) is 10.2. The Bertz CT molecular complexity index is 865. The van der Waals surface area contributed by atoms with Crippen molar-refractivity contribution in [3.05, 3.63) is 70.7 Å². The lowest BCUT2D eigenvalue weighted by molar-refractivity contribution is -0.950. The van der Waals surface area contributed by atoms with Gasteiger partial charge in [-0.2, -0.15) is 0 Å². The van der Waals surface area contributed by atoms with Crippen molar-refractivity contribution >= 4 is 17.4 Å². The van der Waals surface area contributed by atoms with Crippen molar-refractivity contribution < 1.29 is 18.8 Å². The second kappa shape index (κ2) is 12.1. The summed E-state index contributed by atoms with van der Waals surface area (Å²) in [5.74, 6) is 0.0586. The second-order valence-electron chi connectivity index (χ2n) is 9.77. The molecule has 33 heavy (non-hydrogen) atoms. The Morgan fingerprint density at radius 1 is 1.03 bits per heavy atom. The van der Waals surface area contributed by atoms with Gasteiger partial charge in [-0.3, -0.25) is 9.28 Å². The average Bonchev–Trinajstić information content (AvgIpc) is 2.84. The fraction of sp³-hybridized carbons (Fsp3) is 0.519. The van der Waals surface area contributed by atoms with Gasteiger partial charge < -0.3 is 15.2 Å². The van der Waals surface area contributed by atoms with E-state index in [1.165, 1.54) is 19.3 Å². The molecule has 3 rings (SSSR count). The number of likely N-dealkylation sites (tertiary alicyclic amines) is 1. The van der Waals surface area contributed by atoms with Crippen molar-refractivity contribution in [3.8, 4) is 0 Å². The van der Waals surface area contributed by atoms with Crippen LogP contribution in [0.25, 0.3) is 0 Å². The number of carbonyl (C=O) groups is 1. The third kappa shape index (κ3) is 7.36. The Hall–Kier alpha value is -1.76. The molecule has 0 radical (unpaired) electrons. The van der Waals surface area contributed by atoms with Gasteiger partial charge in [0, 0.05) is 17.0 Å². The molecule has 0 aromatic heterocycles. The number of nitrogens with zero attached hydrogens (tertiary/aromatic N) is 1. The fourth-order valence-corrected chi connectivity index (χ4v) is 4.38. The minimum atomic E-state index is -0.544. The summed E-state index contributed by atoms with van der Waals surface area (Å²) in [4.78, 5) is 12.4. The first-order valence-corrected chi connectivity index (χ1v) is 12.3. The van der Waals surface area contributed by atoms with Gasteiger partial charge in [0.05, 0.1) is 19.7 Å². The molecule has 0 bridgehead atoms. The molecule has 1 fully saturated rings. The molecule has 1 aliphatic rings. The Kier molecular flexibility index (Phi) is 9.47. The van der Waals surface area contributed by atoms with E-state index in [0.717, 1.165) is 35.2 Å². The van der Waals surface area contributed by atoms with Crippen LogP contribution in [0.3, 0.4) is 0 Å². The maximum Gasteiger partial charge on any atom is 0.183 e. The minimum Gasteiger partial charge on any atom is -0.363 e. The molecule has 0 aliphatic carbocycles. The van der Waals surface area contributed by atoms with Crippen LogP contribution in [0, 0.1) is 5.41 Å². The fourth-order valence-electron chi connectivity index (χ4n) is 4.26. The summed E-state index contributed by atoms with van der Waals surface area (Å²) >= 11 is 6.11. The van der Waals surface area contributed by atoms with Gasteiger partial charge in [-0.05, 0) is 42.5 Å². The lowest BCUT2D eigenvalue weighted by Gasteiger charge is -2.41. The van der Waals surface area contributed by atoms with Crippen LogP contribution in [0.15, 0.2) is 54.6 Å². The topological polar surface area (TPSA) is 61.6 Å². The molecule has 1 unspecified atom stereocenters. The quantitative estimate of drug-likeness (QED) is 0.442. The highest BCUT2D eigenvalue weighted by molar-refractivity contribution is 6.30. The molecule has 2 aromatic carbocycles. The minimum absolute atomic E-state index is 0.0586. The third-order valence-corrected chi connectivity index (χ3v) is 7.01. The molecular formula is C27H38ClN2O3+. The first-order chi connectivity index (χ1) is 15.9. The van der Waals surface area contributed by atoms with E-state index in [2.05, 4.69) is 12.1 Å². The van der Waals surface area contributed by atoms with Gasteiger partial charge in [0.1, 0.15) is 19.3 Å². The van der Waals surface area contributed by atoms with Crippen LogP contribution in [-0.4, -0.2) is 56.4 Å².